The van der Waals surface area contributed by atoms with Crippen LogP contribution in [0.1, 0.15) is 22.5 Å². The largest absolute Gasteiger partial charge is 0.478 e. The smallest absolute Gasteiger partial charge is 0.338 e. The first-order valence-electron chi connectivity index (χ1n) is 4.78. The zero-order chi connectivity index (χ0) is 12.0. The summed E-state index contributed by atoms with van der Waals surface area (Å²) in [5, 5.41) is 8.65. The van der Waals surface area contributed by atoms with Gasteiger partial charge in [0.15, 0.2) is 0 Å². The van der Waals surface area contributed by atoms with Crippen molar-refractivity contribution < 1.29 is 23.3 Å². The summed E-state index contributed by atoms with van der Waals surface area (Å²) < 4.78 is 21.4. The molecule has 1 aromatic heterocycles. The monoisotopic (exact) mass is 246 g/mol. The van der Waals surface area contributed by atoms with Crippen LogP contribution < -0.4 is 0 Å². The van der Waals surface area contributed by atoms with Gasteiger partial charge in [-0.1, -0.05) is 0 Å². The minimum absolute atomic E-state index is 0.0869. The molecule has 16 heavy (non-hydrogen) atoms. The maximum atomic E-state index is 11.5. The molecule has 0 saturated heterocycles. The summed E-state index contributed by atoms with van der Waals surface area (Å²) in [5.41, 5.74) is 0.0869. The zero-order valence-electron chi connectivity index (χ0n) is 8.97. The van der Waals surface area contributed by atoms with Crippen LogP contribution in [0.4, 0.5) is 0 Å². The van der Waals surface area contributed by atoms with Crippen LogP contribution in [0.3, 0.4) is 0 Å². The Kier molecular flexibility index (Phi) is 5.21. The van der Waals surface area contributed by atoms with Crippen LogP contribution in [-0.2, 0) is 21.3 Å². The topological polar surface area (TPSA) is 76.7 Å². The van der Waals surface area contributed by atoms with Crippen LogP contribution in [0.2, 0.25) is 0 Å². The van der Waals surface area contributed by atoms with Crippen molar-refractivity contribution in [2.24, 2.45) is 0 Å². The Labute approximate surface area is 95.9 Å². The first-order chi connectivity index (χ1) is 7.63. The van der Waals surface area contributed by atoms with Gasteiger partial charge in [-0.15, -0.1) is 0 Å². The number of carbonyl (C=O) groups is 1. The molecule has 90 valence electrons. The Morgan fingerprint density at radius 3 is 2.94 bits per heavy atom. The molecule has 1 aromatic rings. The van der Waals surface area contributed by atoms with E-state index in [0.29, 0.717) is 18.1 Å². The minimum atomic E-state index is -1.04. The Hall–Kier alpha value is -1.14. The minimum Gasteiger partial charge on any atom is -0.478 e. The first-order valence-corrected chi connectivity index (χ1v) is 6.27. The number of furan rings is 1. The van der Waals surface area contributed by atoms with Crippen LogP contribution >= 0.6 is 0 Å². The van der Waals surface area contributed by atoms with Gasteiger partial charge >= 0.3 is 5.97 Å². The van der Waals surface area contributed by atoms with Crippen molar-refractivity contribution in [2.45, 2.75) is 12.2 Å². The van der Waals surface area contributed by atoms with Gasteiger partial charge in [0.25, 0.3) is 0 Å². The van der Waals surface area contributed by atoms with Gasteiger partial charge < -0.3 is 14.3 Å². The number of ether oxygens (including phenoxy) is 1. The molecular formula is C10H14O5S. The number of methoxy groups -OCH3 is 1. The molecule has 0 amide bonds. The van der Waals surface area contributed by atoms with E-state index in [1.165, 1.54) is 6.07 Å². The Balaban J connectivity index is 2.40. The van der Waals surface area contributed by atoms with Crippen LogP contribution in [0.25, 0.3) is 0 Å². The summed E-state index contributed by atoms with van der Waals surface area (Å²) in [7, 11) is 0.553. The SMILES string of the molecule is COCCCS(=O)Cc1cc(C(=O)O)co1. The van der Waals surface area contributed by atoms with Crippen molar-refractivity contribution in [1.29, 1.82) is 0 Å². The van der Waals surface area contributed by atoms with Gasteiger partial charge in [0.2, 0.25) is 0 Å². The summed E-state index contributed by atoms with van der Waals surface area (Å²) in [6.45, 7) is 0.574. The molecule has 0 bridgehead atoms. The molecule has 0 aliphatic heterocycles. The van der Waals surface area contributed by atoms with E-state index in [-0.39, 0.29) is 11.3 Å². The second kappa shape index (κ2) is 6.44. The van der Waals surface area contributed by atoms with Gasteiger partial charge in [0, 0.05) is 30.3 Å². The van der Waals surface area contributed by atoms with Crippen LogP contribution in [-0.4, -0.2) is 34.8 Å². The molecule has 0 saturated carbocycles. The number of hydrogen-bond donors (Lipinski definition) is 1. The predicted octanol–water partition coefficient (Wildman–Crippen LogP) is 1.26. The number of rotatable bonds is 7. The zero-order valence-corrected chi connectivity index (χ0v) is 9.79. The van der Waals surface area contributed by atoms with Crippen molar-refractivity contribution in [1.82, 2.24) is 0 Å². The van der Waals surface area contributed by atoms with E-state index in [1.807, 2.05) is 0 Å². The lowest BCUT2D eigenvalue weighted by atomic mass is 10.3. The maximum Gasteiger partial charge on any atom is 0.338 e. The summed E-state index contributed by atoms with van der Waals surface area (Å²) in [6.07, 6.45) is 1.87. The number of carboxylic acid groups (broad SMARTS) is 1. The summed E-state index contributed by atoms with van der Waals surface area (Å²) >= 11 is 0. The normalized spacial score (nSPS) is 12.6. The molecule has 1 heterocycles. The molecule has 0 aliphatic carbocycles. The number of hydrogen-bond acceptors (Lipinski definition) is 4. The van der Waals surface area contributed by atoms with E-state index in [1.54, 1.807) is 7.11 Å². The molecule has 1 atom stereocenters. The van der Waals surface area contributed by atoms with Crippen molar-refractivity contribution >= 4 is 16.8 Å². The van der Waals surface area contributed by atoms with Crippen molar-refractivity contribution in [3.05, 3.63) is 23.7 Å². The molecule has 1 N–H and O–H groups in total. The summed E-state index contributed by atoms with van der Waals surface area (Å²) in [5.74, 6) is 0.168. The van der Waals surface area contributed by atoms with E-state index in [0.717, 1.165) is 12.7 Å². The van der Waals surface area contributed by atoms with Crippen LogP contribution in [0.5, 0.6) is 0 Å². The fourth-order valence-corrected chi connectivity index (χ4v) is 2.22. The first kappa shape index (κ1) is 12.9. The summed E-state index contributed by atoms with van der Waals surface area (Å²) in [4.78, 5) is 10.6. The lowest BCUT2D eigenvalue weighted by Crippen LogP contribution is -2.03. The van der Waals surface area contributed by atoms with E-state index in [9.17, 15) is 9.00 Å². The third kappa shape index (κ3) is 4.16. The molecule has 0 aliphatic rings. The van der Waals surface area contributed by atoms with Crippen molar-refractivity contribution in [3.63, 3.8) is 0 Å². The van der Waals surface area contributed by atoms with Gasteiger partial charge in [-0.05, 0) is 12.5 Å². The lowest BCUT2D eigenvalue weighted by molar-refractivity contribution is 0.0696. The lowest BCUT2D eigenvalue weighted by Gasteiger charge is -1.99. The average Bonchev–Trinajstić information content (AvgIpc) is 2.66. The molecule has 1 unspecified atom stereocenters. The average molecular weight is 246 g/mol. The highest BCUT2D eigenvalue weighted by Gasteiger charge is 2.10. The van der Waals surface area contributed by atoms with Gasteiger partial charge in [-0.3, -0.25) is 4.21 Å². The third-order valence-electron chi connectivity index (χ3n) is 1.92. The fourth-order valence-electron chi connectivity index (χ4n) is 1.16. The highest BCUT2D eigenvalue weighted by atomic mass is 32.2. The second-order valence-electron chi connectivity index (χ2n) is 3.24. The molecule has 0 spiro atoms. The van der Waals surface area contributed by atoms with Crippen LogP contribution in [0.15, 0.2) is 16.7 Å². The van der Waals surface area contributed by atoms with Crippen molar-refractivity contribution in [3.8, 4) is 0 Å². The predicted molar refractivity (Wildman–Crippen MR) is 58.9 cm³/mol. The summed E-state index contributed by atoms with van der Waals surface area (Å²) in [6, 6.07) is 1.40. The molecular weight excluding hydrogens is 232 g/mol. The van der Waals surface area contributed by atoms with Gasteiger partial charge in [-0.2, -0.15) is 0 Å². The number of carboxylic acids is 1. The van der Waals surface area contributed by atoms with Gasteiger partial charge in [0.05, 0.1) is 11.3 Å². The van der Waals surface area contributed by atoms with E-state index in [2.05, 4.69) is 0 Å². The molecule has 0 fully saturated rings. The Morgan fingerprint density at radius 1 is 1.62 bits per heavy atom. The second-order valence-corrected chi connectivity index (χ2v) is 4.82. The highest BCUT2D eigenvalue weighted by molar-refractivity contribution is 7.84. The maximum absolute atomic E-state index is 11.5. The van der Waals surface area contributed by atoms with Gasteiger partial charge in [0.1, 0.15) is 12.0 Å². The fraction of sp³-hybridized carbons (Fsp3) is 0.500. The number of aromatic carboxylic acids is 1. The molecule has 1 rings (SSSR count). The van der Waals surface area contributed by atoms with E-state index >= 15 is 0 Å². The van der Waals surface area contributed by atoms with E-state index < -0.39 is 16.8 Å². The van der Waals surface area contributed by atoms with Crippen molar-refractivity contribution in [2.75, 3.05) is 19.5 Å². The molecule has 5 nitrogen and oxygen atoms in total. The van der Waals surface area contributed by atoms with E-state index in [4.69, 9.17) is 14.3 Å². The highest BCUT2D eigenvalue weighted by Crippen LogP contribution is 2.10. The molecule has 6 heteroatoms. The molecule has 0 radical (unpaired) electrons. The quantitative estimate of drug-likeness (QED) is 0.733. The van der Waals surface area contributed by atoms with Gasteiger partial charge in [-0.25, -0.2) is 4.79 Å². The third-order valence-corrected chi connectivity index (χ3v) is 3.27. The molecule has 0 aromatic carbocycles. The Morgan fingerprint density at radius 2 is 2.38 bits per heavy atom. The Bertz CT molecular complexity index is 371. The van der Waals surface area contributed by atoms with Crippen LogP contribution in [0, 0.1) is 0 Å². The standard InChI is InChI=1S/C10H14O5S/c1-14-3-2-4-16(13)7-9-5-8(6-15-9)10(11)12/h5-6H,2-4,7H2,1H3,(H,11,12).